The number of rotatable bonds is 4. The third kappa shape index (κ3) is 4.14. The molecule has 166 valence electrons. The summed E-state index contributed by atoms with van der Waals surface area (Å²) in [5.41, 5.74) is -0.329. The van der Waals surface area contributed by atoms with E-state index in [9.17, 15) is 17.8 Å². The maximum absolute atomic E-state index is 15.5. The second kappa shape index (κ2) is 8.37. The molecule has 4 rings (SSSR count). The van der Waals surface area contributed by atoms with E-state index in [2.05, 4.69) is 5.32 Å². The number of ether oxygens (including phenoxy) is 1. The Morgan fingerprint density at radius 2 is 1.94 bits per heavy atom. The standard InChI is InChI=1S/C22H23F3N2O3S/c1-13-10-22(12-30-11-20(28)26-22)19(27(13)31(2)29)8-14-4-3-5-18(21(14)25)15-6-16(23)9-17(24)7-15/h3-7,9,13,19H,8,10-12H2,1-2H3,(H,26,28). The third-order valence-corrected chi connectivity index (χ3v) is 7.19. The van der Waals surface area contributed by atoms with Gasteiger partial charge in [0.15, 0.2) is 0 Å². The van der Waals surface area contributed by atoms with Crippen LogP contribution in [0.4, 0.5) is 13.2 Å². The summed E-state index contributed by atoms with van der Waals surface area (Å²) in [5.74, 6) is -2.46. The summed E-state index contributed by atoms with van der Waals surface area (Å²) in [5, 5.41) is 3.00. The highest BCUT2D eigenvalue weighted by Gasteiger charge is 2.54. The molecule has 1 amide bonds. The van der Waals surface area contributed by atoms with Crippen LogP contribution in [0.3, 0.4) is 0 Å². The van der Waals surface area contributed by atoms with Crippen LogP contribution >= 0.6 is 0 Å². The average Bonchev–Trinajstić information content (AvgIpc) is 2.93. The molecule has 2 aliphatic heterocycles. The molecule has 4 unspecified atom stereocenters. The molecule has 0 saturated carbocycles. The number of benzene rings is 2. The lowest BCUT2D eigenvalue weighted by molar-refractivity contribution is -0.136. The molecular formula is C22H23F3N2O3S. The summed E-state index contributed by atoms with van der Waals surface area (Å²) in [6.07, 6.45) is 2.21. The first kappa shape index (κ1) is 22.0. The topological polar surface area (TPSA) is 58.6 Å². The van der Waals surface area contributed by atoms with Gasteiger partial charge in [-0.3, -0.25) is 4.79 Å². The van der Waals surface area contributed by atoms with Crippen molar-refractivity contribution in [3.8, 4) is 11.1 Å². The number of halogens is 3. The Hall–Kier alpha value is -2.23. The maximum atomic E-state index is 15.5. The van der Waals surface area contributed by atoms with Crippen molar-refractivity contribution < 1.29 is 26.9 Å². The summed E-state index contributed by atoms with van der Waals surface area (Å²) in [6.45, 7) is 2.09. The highest BCUT2D eigenvalue weighted by Crippen LogP contribution is 2.39. The molecule has 9 heteroatoms. The van der Waals surface area contributed by atoms with E-state index in [0.29, 0.717) is 12.0 Å². The predicted octanol–water partition coefficient (Wildman–Crippen LogP) is 2.95. The lowest BCUT2D eigenvalue weighted by Crippen LogP contribution is -2.64. The molecule has 2 aromatic rings. The SMILES string of the molecule is CC1CC2(COCC(=O)N2)C(Cc2cccc(-c3cc(F)cc(F)c3)c2F)N1S(C)=O. The molecule has 2 fully saturated rings. The number of hydrogen-bond donors (Lipinski definition) is 1. The van der Waals surface area contributed by atoms with Crippen LogP contribution in [0.2, 0.25) is 0 Å². The van der Waals surface area contributed by atoms with Gasteiger partial charge in [-0.05, 0) is 43.0 Å². The fraction of sp³-hybridized carbons (Fsp3) is 0.409. The lowest BCUT2D eigenvalue weighted by atomic mass is 9.85. The van der Waals surface area contributed by atoms with Crippen molar-refractivity contribution in [1.82, 2.24) is 9.62 Å². The van der Waals surface area contributed by atoms with Gasteiger partial charge in [0, 0.05) is 23.9 Å². The van der Waals surface area contributed by atoms with Crippen LogP contribution in [0.5, 0.6) is 0 Å². The van der Waals surface area contributed by atoms with Crippen LogP contribution in [0.15, 0.2) is 36.4 Å². The van der Waals surface area contributed by atoms with Crippen molar-refractivity contribution in [2.45, 2.75) is 37.4 Å². The number of hydrogen-bond acceptors (Lipinski definition) is 3. The molecule has 1 spiro atoms. The van der Waals surface area contributed by atoms with Crippen LogP contribution in [-0.2, 0) is 26.9 Å². The first-order valence-electron chi connectivity index (χ1n) is 9.95. The minimum absolute atomic E-state index is 0.0486. The zero-order valence-electron chi connectivity index (χ0n) is 17.2. The third-order valence-electron chi connectivity index (χ3n) is 5.98. The highest BCUT2D eigenvalue weighted by molar-refractivity contribution is 7.81. The first-order chi connectivity index (χ1) is 14.7. The van der Waals surface area contributed by atoms with Gasteiger partial charge in [-0.1, -0.05) is 18.2 Å². The molecule has 2 saturated heterocycles. The molecule has 5 nitrogen and oxygen atoms in total. The van der Waals surface area contributed by atoms with Crippen LogP contribution in [0.25, 0.3) is 11.1 Å². The Kier molecular flexibility index (Phi) is 5.93. The second-order valence-corrected chi connectivity index (χ2v) is 9.46. The van der Waals surface area contributed by atoms with Crippen molar-refractivity contribution in [3.05, 3.63) is 59.4 Å². The highest BCUT2D eigenvalue weighted by atomic mass is 32.2. The van der Waals surface area contributed by atoms with E-state index in [-0.39, 0.29) is 42.7 Å². The monoisotopic (exact) mass is 452 g/mol. The summed E-state index contributed by atoms with van der Waals surface area (Å²) < 4.78 is 62.6. The number of nitrogens with one attached hydrogen (secondary N) is 1. The Labute approximate surface area is 181 Å². The van der Waals surface area contributed by atoms with Crippen molar-refractivity contribution in [3.63, 3.8) is 0 Å². The molecule has 0 aliphatic carbocycles. The lowest BCUT2D eigenvalue weighted by Gasteiger charge is -2.40. The quantitative estimate of drug-likeness (QED) is 0.776. The van der Waals surface area contributed by atoms with Gasteiger partial charge in [-0.15, -0.1) is 0 Å². The number of morpholine rings is 1. The van der Waals surface area contributed by atoms with E-state index in [0.717, 1.165) is 18.2 Å². The second-order valence-electron chi connectivity index (χ2n) is 8.19. The zero-order chi connectivity index (χ0) is 22.3. The van der Waals surface area contributed by atoms with E-state index < -0.39 is 40.0 Å². The van der Waals surface area contributed by atoms with Crippen LogP contribution in [0, 0.1) is 17.5 Å². The van der Waals surface area contributed by atoms with E-state index in [4.69, 9.17) is 4.74 Å². The van der Waals surface area contributed by atoms with Gasteiger partial charge in [0.05, 0.1) is 29.2 Å². The fourth-order valence-electron chi connectivity index (χ4n) is 4.87. The molecule has 31 heavy (non-hydrogen) atoms. The van der Waals surface area contributed by atoms with Crippen molar-refractivity contribution in [2.75, 3.05) is 19.5 Å². The molecule has 0 aromatic heterocycles. The van der Waals surface area contributed by atoms with Gasteiger partial charge < -0.3 is 10.1 Å². The largest absolute Gasteiger partial charge is 0.369 e. The van der Waals surface area contributed by atoms with Crippen LogP contribution in [-0.4, -0.2) is 51.5 Å². The molecule has 2 heterocycles. The summed E-state index contributed by atoms with van der Waals surface area (Å²) in [7, 11) is -1.36. The Balaban J connectivity index is 1.74. The Morgan fingerprint density at radius 1 is 1.23 bits per heavy atom. The van der Waals surface area contributed by atoms with Crippen molar-refractivity contribution >= 4 is 16.9 Å². The van der Waals surface area contributed by atoms with Crippen LogP contribution < -0.4 is 5.32 Å². The van der Waals surface area contributed by atoms with Gasteiger partial charge in [0.25, 0.3) is 0 Å². The molecular weight excluding hydrogens is 429 g/mol. The number of carbonyl (C=O) groups excluding carboxylic acids is 1. The molecule has 4 atom stereocenters. The van der Waals surface area contributed by atoms with Gasteiger partial charge in [-0.2, -0.15) is 0 Å². The van der Waals surface area contributed by atoms with Crippen molar-refractivity contribution in [1.29, 1.82) is 0 Å². The van der Waals surface area contributed by atoms with Gasteiger partial charge in [0.1, 0.15) is 24.1 Å². The minimum atomic E-state index is -1.36. The summed E-state index contributed by atoms with van der Waals surface area (Å²) in [4.78, 5) is 12.1. The number of carbonyl (C=O) groups is 1. The van der Waals surface area contributed by atoms with E-state index >= 15 is 4.39 Å². The normalized spacial score (nSPS) is 27.5. The fourth-order valence-corrected chi connectivity index (χ4v) is 6.08. The summed E-state index contributed by atoms with van der Waals surface area (Å²) >= 11 is 0. The molecule has 2 aromatic carbocycles. The number of amides is 1. The molecule has 1 N–H and O–H groups in total. The maximum Gasteiger partial charge on any atom is 0.246 e. The van der Waals surface area contributed by atoms with E-state index in [1.165, 1.54) is 6.07 Å². The van der Waals surface area contributed by atoms with Crippen LogP contribution in [0.1, 0.15) is 18.9 Å². The minimum Gasteiger partial charge on any atom is -0.369 e. The predicted molar refractivity (Wildman–Crippen MR) is 111 cm³/mol. The van der Waals surface area contributed by atoms with Gasteiger partial charge in [0.2, 0.25) is 5.91 Å². The smallest absolute Gasteiger partial charge is 0.246 e. The first-order valence-corrected chi connectivity index (χ1v) is 11.5. The van der Waals surface area contributed by atoms with E-state index in [1.807, 2.05) is 6.92 Å². The Morgan fingerprint density at radius 3 is 2.58 bits per heavy atom. The molecule has 2 aliphatic rings. The van der Waals surface area contributed by atoms with Crippen molar-refractivity contribution in [2.24, 2.45) is 0 Å². The van der Waals surface area contributed by atoms with Gasteiger partial charge in [-0.25, -0.2) is 21.7 Å². The Bertz CT molecular complexity index is 1030. The summed E-state index contributed by atoms with van der Waals surface area (Å²) in [6, 6.07) is 6.95. The van der Waals surface area contributed by atoms with E-state index in [1.54, 1.807) is 22.7 Å². The number of nitrogens with zero attached hydrogens (tertiary/aromatic N) is 1. The molecule has 0 radical (unpaired) electrons. The zero-order valence-corrected chi connectivity index (χ0v) is 18.0. The average molecular weight is 452 g/mol. The molecule has 0 bridgehead atoms. The van der Waals surface area contributed by atoms with Gasteiger partial charge >= 0.3 is 0 Å².